The van der Waals surface area contributed by atoms with E-state index in [0.29, 0.717) is 6.61 Å². The molecule has 4 nitrogen and oxygen atoms in total. The molecule has 0 aromatic heterocycles. The van der Waals surface area contributed by atoms with Gasteiger partial charge in [0.05, 0.1) is 5.70 Å². The van der Waals surface area contributed by atoms with Gasteiger partial charge in [0.1, 0.15) is 0 Å². The molecule has 4 heteroatoms. The van der Waals surface area contributed by atoms with Crippen molar-refractivity contribution in [1.82, 2.24) is 5.32 Å². The molecule has 0 heterocycles. The van der Waals surface area contributed by atoms with Crippen LogP contribution in [0.25, 0.3) is 12.2 Å². The van der Waals surface area contributed by atoms with Crippen LogP contribution >= 0.6 is 0 Å². The fourth-order valence-corrected chi connectivity index (χ4v) is 2.18. The van der Waals surface area contributed by atoms with Crippen LogP contribution in [0.3, 0.4) is 0 Å². The van der Waals surface area contributed by atoms with Crippen molar-refractivity contribution in [3.05, 3.63) is 95.7 Å². The number of hydrogen-bond acceptors (Lipinski definition) is 3. The van der Waals surface area contributed by atoms with E-state index in [0.717, 1.165) is 11.1 Å². The van der Waals surface area contributed by atoms with Crippen LogP contribution in [0.5, 0.6) is 0 Å². The summed E-state index contributed by atoms with van der Waals surface area (Å²) in [6.07, 6.45) is 7.19. The van der Waals surface area contributed by atoms with Crippen molar-refractivity contribution >= 4 is 18.1 Å². The van der Waals surface area contributed by atoms with Crippen molar-refractivity contribution < 1.29 is 14.6 Å². The third-order valence-corrected chi connectivity index (χ3v) is 3.45. The predicted molar refractivity (Wildman–Crippen MR) is 105 cm³/mol. The Balaban J connectivity index is 2.06. The van der Waals surface area contributed by atoms with Crippen LogP contribution in [-0.2, 0) is 9.53 Å². The van der Waals surface area contributed by atoms with Gasteiger partial charge in [0.25, 0.3) is 0 Å². The lowest BCUT2D eigenvalue weighted by Gasteiger charge is -2.14. The zero-order chi connectivity index (χ0) is 18.6. The van der Waals surface area contributed by atoms with Crippen molar-refractivity contribution in [3.63, 3.8) is 0 Å². The zero-order valence-corrected chi connectivity index (χ0v) is 14.7. The molecule has 134 valence electrons. The second-order valence-corrected chi connectivity index (χ2v) is 5.43. The number of carbonyl (C=O) groups is 1. The molecule has 0 aliphatic heterocycles. The second kappa shape index (κ2) is 10.8. The summed E-state index contributed by atoms with van der Waals surface area (Å²) in [7, 11) is 0. The molecule has 2 aromatic rings. The molecule has 0 fully saturated rings. The minimum absolute atomic E-state index is 0.279. The average Bonchev–Trinajstić information content (AvgIpc) is 2.67. The quantitative estimate of drug-likeness (QED) is 0.433. The van der Waals surface area contributed by atoms with E-state index in [4.69, 9.17) is 4.74 Å². The number of nitrogens with one attached hydrogen (secondary N) is 1. The first-order valence-electron chi connectivity index (χ1n) is 8.46. The minimum Gasteiger partial charge on any atom is -0.363 e. The summed E-state index contributed by atoms with van der Waals surface area (Å²) in [5.41, 5.74) is 2.22. The van der Waals surface area contributed by atoms with Crippen LogP contribution in [-0.4, -0.2) is 23.9 Å². The second-order valence-electron chi connectivity index (χ2n) is 5.43. The third kappa shape index (κ3) is 6.89. The molecule has 0 spiro atoms. The van der Waals surface area contributed by atoms with Crippen molar-refractivity contribution in [2.24, 2.45) is 0 Å². The average molecular weight is 349 g/mol. The first-order valence-corrected chi connectivity index (χ1v) is 8.46. The number of ether oxygens (including phenoxy) is 1. The first kappa shape index (κ1) is 19.4. The molecular formula is C22H23NO3. The fourth-order valence-electron chi connectivity index (χ4n) is 2.18. The van der Waals surface area contributed by atoms with Crippen LogP contribution in [0.4, 0.5) is 0 Å². The van der Waals surface area contributed by atoms with Crippen LogP contribution in [0.1, 0.15) is 18.1 Å². The Labute approximate surface area is 154 Å². The number of aliphatic hydroxyl groups is 1. The highest BCUT2D eigenvalue weighted by atomic mass is 16.6. The third-order valence-electron chi connectivity index (χ3n) is 3.45. The van der Waals surface area contributed by atoms with Crippen LogP contribution in [0.2, 0.25) is 0 Å². The highest BCUT2D eigenvalue weighted by molar-refractivity contribution is 5.92. The lowest BCUT2D eigenvalue weighted by molar-refractivity contribution is -0.118. The minimum atomic E-state index is -1.20. The van der Waals surface area contributed by atoms with E-state index in [-0.39, 0.29) is 11.6 Å². The van der Waals surface area contributed by atoms with E-state index >= 15 is 0 Å². The van der Waals surface area contributed by atoms with Crippen molar-refractivity contribution in [2.75, 3.05) is 6.61 Å². The maximum Gasteiger partial charge on any atom is 0.248 e. The zero-order valence-electron chi connectivity index (χ0n) is 14.7. The molecule has 26 heavy (non-hydrogen) atoms. The summed E-state index contributed by atoms with van der Waals surface area (Å²) < 4.78 is 5.18. The summed E-state index contributed by atoms with van der Waals surface area (Å²) >= 11 is 0. The van der Waals surface area contributed by atoms with E-state index < -0.39 is 6.29 Å². The Bertz CT molecular complexity index is 764. The Morgan fingerprint density at radius 2 is 1.62 bits per heavy atom. The van der Waals surface area contributed by atoms with Crippen LogP contribution in [0, 0.1) is 0 Å². The Kier molecular flexibility index (Phi) is 8.06. The molecule has 0 aliphatic rings. The van der Waals surface area contributed by atoms with Gasteiger partial charge in [0, 0.05) is 12.7 Å². The Morgan fingerprint density at radius 1 is 1.04 bits per heavy atom. The predicted octanol–water partition coefficient (Wildman–Crippen LogP) is 3.77. The Morgan fingerprint density at radius 3 is 2.19 bits per heavy atom. The van der Waals surface area contributed by atoms with Gasteiger partial charge in [-0.25, -0.2) is 0 Å². The summed E-state index contributed by atoms with van der Waals surface area (Å²) in [5, 5.41) is 12.7. The lowest BCUT2D eigenvalue weighted by Crippen LogP contribution is -2.30. The molecule has 2 rings (SSSR count). The standard InChI is InChI=1S/C22H23NO3/c1-2-26-22(25)20(15-9-14-18-10-5-3-6-11-18)23-21(24)17-16-19-12-7-4-8-13-19/h3-17,22,25H,2H2,1H3,(H,23,24)/b14-9+,17-16+,20-15-. The summed E-state index contributed by atoms with van der Waals surface area (Å²) in [4.78, 5) is 12.1. The van der Waals surface area contributed by atoms with Crippen molar-refractivity contribution in [2.45, 2.75) is 13.2 Å². The van der Waals surface area contributed by atoms with Crippen molar-refractivity contribution in [1.29, 1.82) is 0 Å². The van der Waals surface area contributed by atoms with E-state index in [9.17, 15) is 9.90 Å². The smallest absolute Gasteiger partial charge is 0.248 e. The molecular weight excluding hydrogens is 326 g/mol. The van der Waals surface area contributed by atoms with Gasteiger partial charge in [0.2, 0.25) is 5.91 Å². The summed E-state index contributed by atoms with van der Waals surface area (Å²) in [5.74, 6) is -0.341. The first-order chi connectivity index (χ1) is 12.7. The number of carbonyl (C=O) groups excluding carboxylic acids is 1. The SMILES string of the molecule is CCOC(O)/C(=C/C=C/c1ccccc1)NC(=O)/C=C/c1ccccc1. The van der Waals surface area contributed by atoms with Crippen LogP contribution in [0.15, 0.2) is 84.6 Å². The van der Waals surface area contributed by atoms with Gasteiger partial charge < -0.3 is 15.2 Å². The molecule has 0 aliphatic carbocycles. The van der Waals surface area contributed by atoms with E-state index in [1.54, 1.807) is 25.2 Å². The maximum absolute atomic E-state index is 12.1. The van der Waals surface area contributed by atoms with Gasteiger partial charge >= 0.3 is 0 Å². The van der Waals surface area contributed by atoms with E-state index in [2.05, 4.69) is 5.32 Å². The Hall–Kier alpha value is -2.95. The molecule has 0 saturated carbocycles. The molecule has 0 radical (unpaired) electrons. The molecule has 0 saturated heterocycles. The largest absolute Gasteiger partial charge is 0.363 e. The van der Waals surface area contributed by atoms with Gasteiger partial charge in [-0.3, -0.25) is 4.79 Å². The van der Waals surface area contributed by atoms with Crippen molar-refractivity contribution in [3.8, 4) is 0 Å². The number of aliphatic hydroxyl groups excluding tert-OH is 1. The molecule has 0 bridgehead atoms. The van der Waals surface area contributed by atoms with Crippen LogP contribution < -0.4 is 5.32 Å². The molecule has 1 atom stereocenters. The maximum atomic E-state index is 12.1. The van der Waals surface area contributed by atoms with Gasteiger partial charge in [-0.05, 0) is 30.2 Å². The monoisotopic (exact) mass is 349 g/mol. The van der Waals surface area contributed by atoms with E-state index in [1.165, 1.54) is 6.08 Å². The van der Waals surface area contributed by atoms with Gasteiger partial charge in [-0.2, -0.15) is 0 Å². The highest BCUT2D eigenvalue weighted by Crippen LogP contribution is 2.06. The number of hydrogen-bond donors (Lipinski definition) is 2. The molecule has 2 aromatic carbocycles. The number of benzene rings is 2. The number of amides is 1. The van der Waals surface area contributed by atoms with E-state index in [1.807, 2.05) is 66.7 Å². The highest BCUT2D eigenvalue weighted by Gasteiger charge is 2.11. The van der Waals surface area contributed by atoms with Gasteiger partial charge in [0.15, 0.2) is 6.29 Å². The summed E-state index contributed by atoms with van der Waals surface area (Å²) in [6.45, 7) is 2.11. The normalized spacial score (nSPS) is 13.2. The number of rotatable bonds is 8. The van der Waals surface area contributed by atoms with Gasteiger partial charge in [-0.1, -0.05) is 72.8 Å². The molecule has 2 N–H and O–H groups in total. The topological polar surface area (TPSA) is 58.6 Å². The molecule has 1 unspecified atom stereocenters. The number of allylic oxidation sites excluding steroid dienone is 2. The fraction of sp³-hybridized carbons (Fsp3) is 0.136. The molecule has 1 amide bonds. The summed E-state index contributed by atoms with van der Waals surface area (Å²) in [6, 6.07) is 19.3. The lowest BCUT2D eigenvalue weighted by atomic mass is 10.2. The van der Waals surface area contributed by atoms with Gasteiger partial charge in [-0.15, -0.1) is 0 Å².